The second kappa shape index (κ2) is 7.55. The lowest BCUT2D eigenvalue weighted by Gasteiger charge is -2.21. The molecule has 0 saturated heterocycles. The van der Waals surface area contributed by atoms with E-state index in [0.717, 1.165) is 12.1 Å². The van der Waals surface area contributed by atoms with Crippen LogP contribution in [0.15, 0.2) is 30.7 Å². The monoisotopic (exact) mass is 366 g/mol. The quantitative estimate of drug-likeness (QED) is 0.754. The summed E-state index contributed by atoms with van der Waals surface area (Å²) in [7, 11) is 1.62. The molecule has 0 spiro atoms. The molecule has 1 saturated carbocycles. The first-order valence-corrected chi connectivity index (χ1v) is 9.31. The van der Waals surface area contributed by atoms with Gasteiger partial charge in [0.05, 0.1) is 30.6 Å². The fourth-order valence-corrected chi connectivity index (χ4v) is 3.65. The molecule has 8 heteroatoms. The Morgan fingerprint density at radius 2 is 2.42 bits per heavy atom. The van der Waals surface area contributed by atoms with Crippen molar-refractivity contribution >= 4 is 35.0 Å². The highest BCUT2D eigenvalue weighted by Crippen LogP contribution is 2.42. The Balaban J connectivity index is 1.87. The number of amides is 1. The number of halogens is 1. The van der Waals surface area contributed by atoms with Crippen molar-refractivity contribution in [3.8, 4) is 5.69 Å². The molecule has 0 radical (unpaired) electrons. The molecule has 0 N–H and O–H groups in total. The number of ether oxygens (including phenoxy) is 1. The maximum atomic E-state index is 12.8. The summed E-state index contributed by atoms with van der Waals surface area (Å²) in [6.45, 7) is 0.891. The van der Waals surface area contributed by atoms with Crippen LogP contribution < -0.4 is 4.90 Å². The minimum absolute atomic E-state index is 0.0506. The van der Waals surface area contributed by atoms with Crippen molar-refractivity contribution in [3.05, 3.63) is 35.9 Å². The summed E-state index contributed by atoms with van der Waals surface area (Å²) in [4.78, 5) is 18.6. The van der Waals surface area contributed by atoms with Crippen molar-refractivity contribution in [2.24, 2.45) is 5.92 Å². The highest BCUT2D eigenvalue weighted by molar-refractivity contribution is 7.99. The average Bonchev–Trinajstić information content (AvgIpc) is 3.31. The summed E-state index contributed by atoms with van der Waals surface area (Å²) in [5.74, 6) is 0.133. The van der Waals surface area contributed by atoms with Gasteiger partial charge in [0, 0.05) is 25.1 Å². The average molecular weight is 367 g/mol. The zero-order chi connectivity index (χ0) is 17.1. The van der Waals surface area contributed by atoms with Crippen LogP contribution in [0.3, 0.4) is 0 Å². The van der Waals surface area contributed by atoms with Gasteiger partial charge in [-0.1, -0.05) is 11.6 Å². The molecule has 3 rings (SSSR count). The molecule has 0 aromatic carbocycles. The number of nitrogens with zero attached hydrogens (tertiary/aromatic N) is 4. The van der Waals surface area contributed by atoms with E-state index in [-0.39, 0.29) is 11.8 Å². The highest BCUT2D eigenvalue weighted by atomic mass is 35.5. The summed E-state index contributed by atoms with van der Waals surface area (Å²) in [5, 5.41) is 5.01. The van der Waals surface area contributed by atoms with Crippen molar-refractivity contribution in [1.82, 2.24) is 14.8 Å². The van der Waals surface area contributed by atoms with Gasteiger partial charge in [0.25, 0.3) is 0 Å². The third-order valence-corrected chi connectivity index (χ3v) is 5.39. The topological polar surface area (TPSA) is 60.2 Å². The summed E-state index contributed by atoms with van der Waals surface area (Å²) >= 11 is 8.04. The molecule has 1 amide bonds. The standard InChI is InChI=1S/C16H19ClN4O2S/c1-23-7-6-20(16(22)12-8-14(12)24-2)13-10-21(19-15(13)17)11-4-3-5-18-9-11/h3-5,9-10,12,14H,6-8H2,1-2H3. The van der Waals surface area contributed by atoms with Crippen molar-refractivity contribution in [2.45, 2.75) is 11.7 Å². The third-order valence-electron chi connectivity index (χ3n) is 3.99. The van der Waals surface area contributed by atoms with Crippen molar-refractivity contribution in [2.75, 3.05) is 31.4 Å². The Kier molecular flexibility index (Phi) is 5.43. The number of methoxy groups -OCH3 is 1. The number of carbonyl (C=O) groups excluding carboxylic acids is 1. The summed E-state index contributed by atoms with van der Waals surface area (Å²) in [6, 6.07) is 3.71. The first-order chi connectivity index (χ1) is 11.7. The van der Waals surface area contributed by atoms with Crippen LogP contribution in [-0.2, 0) is 9.53 Å². The molecule has 1 aliphatic carbocycles. The Morgan fingerprint density at radius 3 is 3.04 bits per heavy atom. The Labute approximate surface area is 150 Å². The van der Waals surface area contributed by atoms with E-state index in [1.54, 1.807) is 47.0 Å². The van der Waals surface area contributed by atoms with Gasteiger partial charge in [-0.05, 0) is 24.8 Å². The number of hydrogen-bond donors (Lipinski definition) is 0. The van der Waals surface area contributed by atoms with Gasteiger partial charge in [-0.15, -0.1) is 0 Å². The molecule has 6 nitrogen and oxygen atoms in total. The zero-order valence-corrected chi connectivity index (χ0v) is 15.1. The summed E-state index contributed by atoms with van der Waals surface area (Å²) in [6.07, 6.45) is 8.10. The lowest BCUT2D eigenvalue weighted by atomic mass is 10.3. The van der Waals surface area contributed by atoms with Crippen LogP contribution >= 0.6 is 23.4 Å². The number of rotatable bonds is 7. The van der Waals surface area contributed by atoms with Gasteiger partial charge >= 0.3 is 0 Å². The predicted molar refractivity (Wildman–Crippen MR) is 96.0 cm³/mol. The smallest absolute Gasteiger partial charge is 0.231 e. The normalized spacial score (nSPS) is 19.3. The van der Waals surface area contributed by atoms with Gasteiger partial charge in [-0.25, -0.2) is 4.68 Å². The SMILES string of the molecule is COCCN(C(=O)C1CC1SC)c1cn(-c2cccnc2)nc1Cl. The molecule has 2 atom stereocenters. The highest BCUT2D eigenvalue weighted by Gasteiger charge is 2.45. The Hall–Kier alpha value is -1.57. The number of anilines is 1. The first kappa shape index (κ1) is 17.3. The molecule has 1 aliphatic rings. The van der Waals surface area contributed by atoms with Crippen LogP contribution in [0, 0.1) is 5.92 Å². The molecule has 128 valence electrons. The number of carbonyl (C=O) groups is 1. The molecule has 2 aromatic rings. The van der Waals surface area contributed by atoms with Crippen LogP contribution in [0.2, 0.25) is 5.15 Å². The van der Waals surface area contributed by atoms with E-state index in [2.05, 4.69) is 10.1 Å². The zero-order valence-electron chi connectivity index (χ0n) is 13.6. The van der Waals surface area contributed by atoms with Crippen molar-refractivity contribution in [1.29, 1.82) is 0 Å². The molecule has 2 unspecified atom stereocenters. The van der Waals surface area contributed by atoms with Crippen LogP contribution in [0.4, 0.5) is 5.69 Å². The van der Waals surface area contributed by atoms with Crippen LogP contribution in [0.5, 0.6) is 0 Å². The maximum absolute atomic E-state index is 12.8. The summed E-state index contributed by atoms with van der Waals surface area (Å²) in [5.41, 5.74) is 1.40. The number of hydrogen-bond acceptors (Lipinski definition) is 5. The van der Waals surface area contributed by atoms with E-state index in [4.69, 9.17) is 16.3 Å². The second-order valence-corrected chi connectivity index (χ2v) is 6.99. The molecular formula is C16H19ClN4O2S. The lowest BCUT2D eigenvalue weighted by molar-refractivity contribution is -0.119. The lowest BCUT2D eigenvalue weighted by Crippen LogP contribution is -2.35. The van der Waals surface area contributed by atoms with E-state index in [9.17, 15) is 4.79 Å². The molecule has 0 bridgehead atoms. The van der Waals surface area contributed by atoms with Crippen LogP contribution in [-0.4, -0.2) is 52.4 Å². The minimum atomic E-state index is 0.0506. The van der Waals surface area contributed by atoms with Crippen LogP contribution in [0.25, 0.3) is 5.69 Å². The fraction of sp³-hybridized carbons (Fsp3) is 0.438. The largest absolute Gasteiger partial charge is 0.383 e. The third kappa shape index (κ3) is 3.58. The van der Waals surface area contributed by atoms with Gasteiger partial charge in [0.15, 0.2) is 5.15 Å². The maximum Gasteiger partial charge on any atom is 0.231 e. The molecule has 2 aromatic heterocycles. The first-order valence-electron chi connectivity index (χ1n) is 7.64. The van der Waals surface area contributed by atoms with E-state index in [1.165, 1.54) is 0 Å². The Morgan fingerprint density at radius 1 is 1.58 bits per heavy atom. The molecule has 24 heavy (non-hydrogen) atoms. The van der Waals surface area contributed by atoms with Gasteiger partial charge in [0.2, 0.25) is 5.91 Å². The van der Waals surface area contributed by atoms with E-state index in [0.29, 0.717) is 29.2 Å². The van der Waals surface area contributed by atoms with Gasteiger partial charge in [0.1, 0.15) is 5.69 Å². The number of pyridine rings is 1. The van der Waals surface area contributed by atoms with Crippen LogP contribution in [0.1, 0.15) is 6.42 Å². The number of thioether (sulfide) groups is 1. The van der Waals surface area contributed by atoms with Gasteiger partial charge < -0.3 is 9.64 Å². The van der Waals surface area contributed by atoms with E-state index >= 15 is 0 Å². The second-order valence-electron chi connectivity index (χ2n) is 5.56. The minimum Gasteiger partial charge on any atom is -0.383 e. The molecule has 1 fully saturated rings. The Bertz CT molecular complexity index is 709. The van der Waals surface area contributed by atoms with Gasteiger partial charge in [-0.2, -0.15) is 16.9 Å². The van der Waals surface area contributed by atoms with Crippen molar-refractivity contribution < 1.29 is 9.53 Å². The van der Waals surface area contributed by atoms with E-state index in [1.807, 2.05) is 18.4 Å². The fourth-order valence-electron chi connectivity index (χ4n) is 2.57. The molecule has 2 heterocycles. The van der Waals surface area contributed by atoms with Crippen molar-refractivity contribution in [3.63, 3.8) is 0 Å². The molecular weight excluding hydrogens is 348 g/mol. The van der Waals surface area contributed by atoms with E-state index < -0.39 is 0 Å². The van der Waals surface area contributed by atoms with Gasteiger partial charge in [-0.3, -0.25) is 9.78 Å². The number of aromatic nitrogens is 3. The molecule has 0 aliphatic heterocycles. The summed E-state index contributed by atoms with van der Waals surface area (Å²) < 4.78 is 6.78. The predicted octanol–water partition coefficient (Wildman–Crippen LogP) is 2.65.